The van der Waals surface area contributed by atoms with Crippen molar-refractivity contribution in [1.29, 1.82) is 5.26 Å². The Bertz CT molecular complexity index is 682. The van der Waals surface area contributed by atoms with Gasteiger partial charge in [-0.15, -0.1) is 0 Å². The minimum Gasteiger partial charge on any atom is -0.487 e. The molecule has 1 aromatic carbocycles. The number of hydrogen-bond donors (Lipinski definition) is 1. The van der Waals surface area contributed by atoms with E-state index < -0.39 is 0 Å². The molecule has 0 atom stereocenters. The first-order chi connectivity index (χ1) is 10.1. The fourth-order valence-electron chi connectivity index (χ4n) is 1.78. The summed E-state index contributed by atoms with van der Waals surface area (Å²) in [6.45, 7) is 4.19. The number of benzene rings is 1. The second-order valence-corrected chi connectivity index (χ2v) is 5.59. The van der Waals surface area contributed by atoms with Gasteiger partial charge in [0, 0.05) is 0 Å². The van der Waals surface area contributed by atoms with E-state index in [9.17, 15) is 5.26 Å². The lowest BCUT2D eigenvalue weighted by atomic mass is 10.2. The predicted molar refractivity (Wildman–Crippen MR) is 83.1 cm³/mol. The normalized spacial score (nSPS) is 10.1. The summed E-state index contributed by atoms with van der Waals surface area (Å²) in [5.74, 6) is 1.77. The topological polar surface area (TPSA) is 84.8 Å². The highest BCUT2D eigenvalue weighted by atomic mass is 32.2. The van der Waals surface area contributed by atoms with Gasteiger partial charge in [-0.3, -0.25) is 0 Å². The number of thioether (sulfide) groups is 1. The Morgan fingerprint density at radius 3 is 2.86 bits per heavy atom. The number of ether oxygens (including phenoxy) is 1. The van der Waals surface area contributed by atoms with Gasteiger partial charge in [-0.05, 0) is 30.4 Å². The molecule has 0 aliphatic heterocycles. The molecule has 0 fully saturated rings. The standard InChI is InChI=1S/C15H16N4OS/c1-3-21-15-18-13(12(8-16)14(17)19-15)9-20-11-6-4-5-10(2)7-11/h4-7H,3,9H2,1-2H3,(H2,17,18,19). The molecule has 1 heterocycles. The minimum atomic E-state index is 0.191. The van der Waals surface area contributed by atoms with E-state index in [1.54, 1.807) is 0 Å². The maximum absolute atomic E-state index is 9.19. The molecule has 0 bridgehead atoms. The molecule has 0 radical (unpaired) electrons. The van der Waals surface area contributed by atoms with Crippen molar-refractivity contribution in [2.24, 2.45) is 0 Å². The molecule has 2 N–H and O–H groups in total. The third-order valence-corrected chi connectivity index (χ3v) is 3.47. The van der Waals surface area contributed by atoms with E-state index in [-0.39, 0.29) is 18.0 Å². The van der Waals surface area contributed by atoms with Crippen LogP contribution in [0.5, 0.6) is 5.75 Å². The van der Waals surface area contributed by atoms with Crippen molar-refractivity contribution >= 4 is 17.6 Å². The Balaban J connectivity index is 2.24. The van der Waals surface area contributed by atoms with Crippen LogP contribution in [0.1, 0.15) is 23.7 Å². The molecular formula is C15H16N4OS. The van der Waals surface area contributed by atoms with Gasteiger partial charge in [0.25, 0.3) is 0 Å². The first-order valence-corrected chi connectivity index (χ1v) is 7.51. The summed E-state index contributed by atoms with van der Waals surface area (Å²) >= 11 is 1.48. The highest BCUT2D eigenvalue weighted by molar-refractivity contribution is 7.99. The second-order valence-electron chi connectivity index (χ2n) is 4.36. The summed E-state index contributed by atoms with van der Waals surface area (Å²) in [5, 5.41) is 9.76. The van der Waals surface area contributed by atoms with Crippen LogP contribution in [0.3, 0.4) is 0 Å². The maximum atomic E-state index is 9.19. The molecule has 5 nitrogen and oxygen atoms in total. The Kier molecular flexibility index (Phi) is 5.01. The largest absolute Gasteiger partial charge is 0.487 e. The van der Waals surface area contributed by atoms with Gasteiger partial charge >= 0.3 is 0 Å². The maximum Gasteiger partial charge on any atom is 0.189 e. The molecule has 0 spiro atoms. The van der Waals surface area contributed by atoms with Crippen LogP contribution in [-0.2, 0) is 6.61 Å². The van der Waals surface area contributed by atoms with E-state index in [1.807, 2.05) is 44.2 Å². The van der Waals surface area contributed by atoms with E-state index in [2.05, 4.69) is 9.97 Å². The number of nitrogen functional groups attached to an aromatic ring is 1. The van der Waals surface area contributed by atoms with Crippen LogP contribution < -0.4 is 10.5 Å². The third kappa shape index (κ3) is 3.86. The molecule has 1 aromatic heterocycles. The summed E-state index contributed by atoms with van der Waals surface area (Å²) < 4.78 is 5.70. The van der Waals surface area contributed by atoms with Gasteiger partial charge < -0.3 is 10.5 Å². The fraction of sp³-hybridized carbons (Fsp3) is 0.267. The zero-order valence-electron chi connectivity index (χ0n) is 12.0. The van der Waals surface area contributed by atoms with Crippen molar-refractivity contribution in [2.75, 3.05) is 11.5 Å². The van der Waals surface area contributed by atoms with Crippen molar-refractivity contribution < 1.29 is 4.74 Å². The highest BCUT2D eigenvalue weighted by Crippen LogP contribution is 2.21. The molecule has 0 aliphatic carbocycles. The number of aromatic nitrogens is 2. The Labute approximate surface area is 128 Å². The van der Waals surface area contributed by atoms with E-state index >= 15 is 0 Å². The summed E-state index contributed by atoms with van der Waals surface area (Å²) in [6.07, 6.45) is 0. The number of hydrogen-bond acceptors (Lipinski definition) is 6. The summed E-state index contributed by atoms with van der Waals surface area (Å²) in [4.78, 5) is 8.47. The van der Waals surface area contributed by atoms with Gasteiger partial charge in [-0.25, -0.2) is 9.97 Å². The first kappa shape index (κ1) is 15.1. The average Bonchev–Trinajstić information content (AvgIpc) is 2.45. The molecule has 0 amide bonds. The van der Waals surface area contributed by atoms with E-state index in [1.165, 1.54) is 11.8 Å². The van der Waals surface area contributed by atoms with Crippen molar-refractivity contribution in [2.45, 2.75) is 25.6 Å². The Hall–Kier alpha value is -2.26. The molecule has 2 aromatic rings. The first-order valence-electron chi connectivity index (χ1n) is 6.52. The van der Waals surface area contributed by atoms with Crippen LogP contribution in [0.2, 0.25) is 0 Å². The van der Waals surface area contributed by atoms with Crippen molar-refractivity contribution in [3.63, 3.8) is 0 Å². The SMILES string of the molecule is CCSc1nc(N)c(C#N)c(COc2cccc(C)c2)n1. The van der Waals surface area contributed by atoms with Crippen LogP contribution in [-0.4, -0.2) is 15.7 Å². The minimum absolute atomic E-state index is 0.191. The van der Waals surface area contributed by atoms with Gasteiger partial charge in [0.1, 0.15) is 35.5 Å². The Morgan fingerprint density at radius 1 is 1.38 bits per heavy atom. The van der Waals surface area contributed by atoms with Crippen LogP contribution >= 0.6 is 11.8 Å². The number of nitriles is 1. The third-order valence-electron chi connectivity index (χ3n) is 2.74. The van der Waals surface area contributed by atoms with Crippen LogP contribution in [0.15, 0.2) is 29.4 Å². The highest BCUT2D eigenvalue weighted by Gasteiger charge is 2.13. The van der Waals surface area contributed by atoms with Crippen molar-refractivity contribution in [3.8, 4) is 11.8 Å². The number of nitrogens with zero attached hydrogens (tertiary/aromatic N) is 3. The van der Waals surface area contributed by atoms with Gasteiger partial charge in [-0.1, -0.05) is 30.8 Å². The molecular weight excluding hydrogens is 284 g/mol. The number of nitrogens with two attached hydrogens (primary N) is 1. The quantitative estimate of drug-likeness (QED) is 0.675. The molecule has 2 rings (SSSR count). The zero-order valence-corrected chi connectivity index (χ0v) is 12.8. The molecule has 21 heavy (non-hydrogen) atoms. The van der Waals surface area contributed by atoms with Gasteiger partial charge in [0.2, 0.25) is 0 Å². The number of rotatable bonds is 5. The van der Waals surface area contributed by atoms with Crippen LogP contribution in [0.25, 0.3) is 0 Å². The molecule has 0 saturated heterocycles. The summed E-state index contributed by atoms with van der Waals surface area (Å²) in [7, 11) is 0. The van der Waals surface area contributed by atoms with Crippen molar-refractivity contribution in [3.05, 3.63) is 41.1 Å². The summed E-state index contributed by atoms with van der Waals surface area (Å²) in [5.41, 5.74) is 7.72. The average molecular weight is 300 g/mol. The van der Waals surface area contributed by atoms with Crippen LogP contribution in [0.4, 0.5) is 5.82 Å². The lowest BCUT2D eigenvalue weighted by molar-refractivity contribution is 0.299. The lowest BCUT2D eigenvalue weighted by Gasteiger charge is -2.10. The molecule has 6 heteroatoms. The zero-order chi connectivity index (χ0) is 15.2. The van der Waals surface area contributed by atoms with E-state index in [4.69, 9.17) is 10.5 Å². The van der Waals surface area contributed by atoms with Crippen molar-refractivity contribution in [1.82, 2.24) is 9.97 Å². The lowest BCUT2D eigenvalue weighted by Crippen LogP contribution is -2.08. The van der Waals surface area contributed by atoms with E-state index in [0.717, 1.165) is 17.1 Å². The molecule has 108 valence electrons. The molecule has 0 saturated carbocycles. The number of aryl methyl sites for hydroxylation is 1. The molecule has 0 unspecified atom stereocenters. The van der Waals surface area contributed by atoms with Gasteiger partial charge in [-0.2, -0.15) is 5.26 Å². The predicted octanol–water partition coefficient (Wildman–Crippen LogP) is 2.93. The monoisotopic (exact) mass is 300 g/mol. The second kappa shape index (κ2) is 6.95. The summed E-state index contributed by atoms with van der Waals surface area (Å²) in [6, 6.07) is 9.75. The van der Waals surface area contributed by atoms with Gasteiger partial charge in [0.15, 0.2) is 5.16 Å². The number of anilines is 1. The smallest absolute Gasteiger partial charge is 0.189 e. The molecule has 0 aliphatic rings. The fourth-order valence-corrected chi connectivity index (χ4v) is 2.38. The van der Waals surface area contributed by atoms with Crippen LogP contribution in [0, 0.1) is 18.3 Å². The Morgan fingerprint density at radius 2 is 2.19 bits per heavy atom. The van der Waals surface area contributed by atoms with Gasteiger partial charge in [0.05, 0.1) is 0 Å². The van der Waals surface area contributed by atoms with E-state index in [0.29, 0.717) is 10.9 Å².